The Labute approximate surface area is 122 Å². The van der Waals surface area contributed by atoms with Gasteiger partial charge in [-0.2, -0.15) is 5.10 Å². The number of hydrogen-bond acceptors (Lipinski definition) is 6. The van der Waals surface area contributed by atoms with Gasteiger partial charge in [0.05, 0.1) is 12.3 Å². The molecule has 6 heteroatoms. The summed E-state index contributed by atoms with van der Waals surface area (Å²) < 4.78 is 5.54. The Bertz CT molecular complexity index is 669. The molecule has 2 N–H and O–H groups in total. The van der Waals surface area contributed by atoms with E-state index in [-0.39, 0.29) is 0 Å². The Kier molecular flexibility index (Phi) is 3.77. The predicted octanol–water partition coefficient (Wildman–Crippen LogP) is 2.14. The maximum absolute atomic E-state index is 5.54. The van der Waals surface area contributed by atoms with Gasteiger partial charge in [-0.1, -0.05) is 6.58 Å². The smallest absolute Gasteiger partial charge is 0.146 e. The van der Waals surface area contributed by atoms with Gasteiger partial charge in [-0.15, -0.1) is 0 Å². The molecular weight excluding hydrogens is 266 g/mol. The second kappa shape index (κ2) is 6.04. The van der Waals surface area contributed by atoms with Crippen molar-refractivity contribution in [3.05, 3.63) is 60.9 Å². The number of aromatic nitrogens is 2. The van der Waals surface area contributed by atoms with Crippen LogP contribution in [0.25, 0.3) is 0 Å². The highest BCUT2D eigenvalue weighted by atomic mass is 16.5. The monoisotopic (exact) mass is 281 g/mol. The molecule has 0 aliphatic carbocycles. The molecular formula is C15H15N5O. The lowest BCUT2D eigenvalue weighted by Gasteiger charge is -2.18. The van der Waals surface area contributed by atoms with Crippen LogP contribution < -0.4 is 15.5 Å². The predicted molar refractivity (Wildman–Crippen MR) is 81.0 cm³/mol. The minimum atomic E-state index is 0.581. The second-order valence-corrected chi connectivity index (χ2v) is 4.46. The lowest BCUT2D eigenvalue weighted by molar-refractivity contribution is 0.318. The summed E-state index contributed by atoms with van der Waals surface area (Å²) in [5, 5.41) is 7.47. The highest BCUT2D eigenvalue weighted by Crippen LogP contribution is 2.21. The van der Waals surface area contributed by atoms with Crippen molar-refractivity contribution in [1.82, 2.24) is 15.4 Å². The van der Waals surface area contributed by atoms with Crippen LogP contribution in [0.1, 0.15) is 12.1 Å². The summed E-state index contributed by atoms with van der Waals surface area (Å²) in [6, 6.07) is 7.44. The van der Waals surface area contributed by atoms with E-state index in [4.69, 9.17) is 4.74 Å². The van der Waals surface area contributed by atoms with Gasteiger partial charge in [-0.25, -0.2) is 0 Å². The molecule has 0 saturated carbocycles. The summed E-state index contributed by atoms with van der Waals surface area (Å²) in [5.74, 6) is 1.34. The molecule has 0 aromatic carbocycles. The highest BCUT2D eigenvalue weighted by molar-refractivity contribution is 6.01. The van der Waals surface area contributed by atoms with Crippen LogP contribution in [0.4, 0.5) is 5.69 Å². The molecule has 0 saturated heterocycles. The van der Waals surface area contributed by atoms with Gasteiger partial charge in [0.25, 0.3) is 0 Å². The molecule has 0 radical (unpaired) electrons. The van der Waals surface area contributed by atoms with Gasteiger partial charge in [0.2, 0.25) is 0 Å². The lowest BCUT2D eigenvalue weighted by Crippen LogP contribution is -2.22. The van der Waals surface area contributed by atoms with E-state index in [1.165, 1.54) is 0 Å². The number of nitrogens with one attached hydrogen (secondary N) is 2. The first-order chi connectivity index (χ1) is 10.3. The largest absolute Gasteiger partial charge is 0.491 e. The molecule has 3 heterocycles. The van der Waals surface area contributed by atoms with E-state index >= 15 is 0 Å². The van der Waals surface area contributed by atoms with E-state index in [0.29, 0.717) is 18.8 Å². The number of ether oxygens (including phenoxy) is 1. The molecule has 0 fully saturated rings. The van der Waals surface area contributed by atoms with E-state index < -0.39 is 0 Å². The quantitative estimate of drug-likeness (QED) is 0.840. The van der Waals surface area contributed by atoms with Crippen molar-refractivity contribution in [1.29, 1.82) is 0 Å². The van der Waals surface area contributed by atoms with Gasteiger partial charge in [-0.3, -0.25) is 15.4 Å². The topological polar surface area (TPSA) is 71.4 Å². The van der Waals surface area contributed by atoms with Gasteiger partial charge in [0.15, 0.2) is 0 Å². The zero-order valence-corrected chi connectivity index (χ0v) is 11.4. The van der Waals surface area contributed by atoms with Crippen molar-refractivity contribution in [2.75, 3.05) is 11.9 Å². The first-order valence-electron chi connectivity index (χ1n) is 6.59. The summed E-state index contributed by atoms with van der Waals surface area (Å²) in [5.41, 5.74) is 5.43. The maximum Gasteiger partial charge on any atom is 0.146 e. The number of hydrogen-bond donors (Lipinski definition) is 2. The van der Waals surface area contributed by atoms with Crippen molar-refractivity contribution in [2.45, 2.75) is 6.42 Å². The van der Waals surface area contributed by atoms with Crippen LogP contribution in [0.5, 0.6) is 5.75 Å². The number of rotatable bonds is 4. The fourth-order valence-corrected chi connectivity index (χ4v) is 1.98. The first kappa shape index (κ1) is 13.1. The molecule has 2 aromatic rings. The number of fused-ring (bicyclic) bond motifs is 1. The van der Waals surface area contributed by atoms with Crippen LogP contribution in [-0.4, -0.2) is 22.3 Å². The SMILES string of the molecule is C=C(N/N=C1/CCOc2cccnc21)Nc1ccncc1. The molecule has 21 heavy (non-hydrogen) atoms. The second-order valence-electron chi connectivity index (χ2n) is 4.46. The third kappa shape index (κ3) is 3.17. The van der Waals surface area contributed by atoms with Crippen molar-refractivity contribution >= 4 is 11.4 Å². The molecule has 0 bridgehead atoms. The summed E-state index contributed by atoms with van der Waals surface area (Å²) in [6.07, 6.45) is 5.85. The number of hydrazone groups is 1. The summed E-state index contributed by atoms with van der Waals surface area (Å²) in [7, 11) is 0. The fourth-order valence-electron chi connectivity index (χ4n) is 1.98. The first-order valence-corrected chi connectivity index (χ1v) is 6.59. The van der Waals surface area contributed by atoms with Crippen molar-refractivity contribution in [3.8, 4) is 5.75 Å². The van der Waals surface area contributed by atoms with Crippen molar-refractivity contribution < 1.29 is 4.74 Å². The molecule has 1 aliphatic heterocycles. The Hall–Kier alpha value is -2.89. The van der Waals surface area contributed by atoms with Gasteiger partial charge in [0.1, 0.15) is 17.3 Å². The third-order valence-electron chi connectivity index (χ3n) is 2.94. The van der Waals surface area contributed by atoms with Crippen molar-refractivity contribution in [3.63, 3.8) is 0 Å². The van der Waals surface area contributed by atoms with E-state index in [2.05, 4.69) is 32.4 Å². The molecule has 106 valence electrons. The zero-order valence-electron chi connectivity index (χ0n) is 11.4. The molecule has 3 rings (SSSR count). The Morgan fingerprint density at radius 1 is 1.24 bits per heavy atom. The van der Waals surface area contributed by atoms with E-state index in [9.17, 15) is 0 Å². The lowest BCUT2D eigenvalue weighted by atomic mass is 10.1. The Balaban J connectivity index is 1.68. The van der Waals surface area contributed by atoms with Crippen LogP contribution in [0.15, 0.2) is 60.4 Å². The Morgan fingerprint density at radius 3 is 2.95 bits per heavy atom. The van der Waals surface area contributed by atoms with E-state index in [1.54, 1.807) is 18.6 Å². The fraction of sp³-hybridized carbons (Fsp3) is 0.133. The molecule has 1 aliphatic rings. The van der Waals surface area contributed by atoms with Crippen LogP contribution in [-0.2, 0) is 0 Å². The molecule has 0 unspecified atom stereocenters. The average Bonchev–Trinajstić information content (AvgIpc) is 2.54. The minimum absolute atomic E-state index is 0.581. The summed E-state index contributed by atoms with van der Waals surface area (Å²) >= 11 is 0. The third-order valence-corrected chi connectivity index (χ3v) is 2.94. The van der Waals surface area contributed by atoms with Crippen molar-refractivity contribution in [2.24, 2.45) is 5.10 Å². The van der Waals surface area contributed by atoms with Gasteiger partial charge in [-0.05, 0) is 24.3 Å². The molecule has 2 aromatic heterocycles. The molecule has 0 amide bonds. The van der Waals surface area contributed by atoms with Gasteiger partial charge >= 0.3 is 0 Å². The maximum atomic E-state index is 5.54. The minimum Gasteiger partial charge on any atom is -0.491 e. The van der Waals surface area contributed by atoms with Crippen LogP contribution in [0, 0.1) is 0 Å². The van der Waals surface area contributed by atoms with Crippen LogP contribution in [0.2, 0.25) is 0 Å². The average molecular weight is 281 g/mol. The molecule has 6 nitrogen and oxygen atoms in total. The number of pyridine rings is 2. The van der Waals surface area contributed by atoms with Gasteiger partial charge < -0.3 is 10.1 Å². The van der Waals surface area contributed by atoms with E-state index in [1.807, 2.05) is 24.3 Å². The Morgan fingerprint density at radius 2 is 2.10 bits per heavy atom. The normalized spacial score (nSPS) is 15.0. The summed E-state index contributed by atoms with van der Waals surface area (Å²) in [4.78, 5) is 8.27. The van der Waals surface area contributed by atoms with Gasteiger partial charge in [0, 0.05) is 30.7 Å². The highest BCUT2D eigenvalue weighted by Gasteiger charge is 2.17. The molecule has 0 atom stereocenters. The van der Waals surface area contributed by atoms with Crippen LogP contribution >= 0.6 is 0 Å². The number of nitrogens with zero attached hydrogens (tertiary/aromatic N) is 3. The number of anilines is 1. The van der Waals surface area contributed by atoms with Crippen LogP contribution in [0.3, 0.4) is 0 Å². The zero-order chi connectivity index (χ0) is 14.5. The standard InChI is InChI=1S/C15H15N5O/c1-11(18-12-4-8-16-9-5-12)19-20-13-6-10-21-14-3-2-7-17-15(13)14/h2-5,7-9,19H,1,6,10H2,(H,16,18)/b20-13-. The van der Waals surface area contributed by atoms with E-state index in [0.717, 1.165) is 22.8 Å². The molecule has 0 spiro atoms. The summed E-state index contributed by atoms with van der Waals surface area (Å²) in [6.45, 7) is 4.49.